The van der Waals surface area contributed by atoms with Crippen LogP contribution in [0.3, 0.4) is 0 Å². The Kier molecular flexibility index (Phi) is 4.73. The summed E-state index contributed by atoms with van der Waals surface area (Å²) in [5.41, 5.74) is 0.540. The molecule has 1 aliphatic heterocycles. The lowest BCUT2D eigenvalue weighted by Gasteiger charge is -2.39. The van der Waals surface area contributed by atoms with Gasteiger partial charge in [-0.3, -0.25) is 14.4 Å². The Bertz CT molecular complexity index is 650. The summed E-state index contributed by atoms with van der Waals surface area (Å²) in [5, 5.41) is 0. The Hall–Kier alpha value is -2.37. The average Bonchev–Trinajstić information content (AvgIpc) is 2.49. The van der Waals surface area contributed by atoms with E-state index in [1.807, 2.05) is 13.8 Å². The van der Waals surface area contributed by atoms with E-state index in [-0.39, 0.29) is 24.5 Å². The van der Waals surface area contributed by atoms with E-state index >= 15 is 0 Å². The first-order valence-corrected chi connectivity index (χ1v) is 7.45. The van der Waals surface area contributed by atoms with Crippen molar-refractivity contribution in [2.24, 2.45) is 0 Å². The number of methoxy groups -OCH3 is 1. The molecule has 0 fully saturated rings. The molecule has 0 radical (unpaired) electrons. The van der Waals surface area contributed by atoms with Gasteiger partial charge in [0.1, 0.15) is 11.4 Å². The van der Waals surface area contributed by atoms with Gasteiger partial charge >= 0.3 is 5.97 Å². The molecule has 0 N–H and O–H groups in total. The van der Waals surface area contributed by atoms with E-state index in [0.29, 0.717) is 23.5 Å². The van der Waals surface area contributed by atoms with Gasteiger partial charge < -0.3 is 14.4 Å². The van der Waals surface area contributed by atoms with Gasteiger partial charge in [0.05, 0.1) is 25.8 Å². The zero-order chi connectivity index (χ0) is 17.2. The fraction of sp³-hybridized carbons (Fsp3) is 0.471. The molecular weight excluding hydrogens is 298 g/mol. The quantitative estimate of drug-likeness (QED) is 0.629. The van der Waals surface area contributed by atoms with Gasteiger partial charge in [-0.05, 0) is 32.0 Å². The minimum atomic E-state index is -0.491. The largest absolute Gasteiger partial charge is 0.484 e. The average molecular weight is 319 g/mol. The van der Waals surface area contributed by atoms with Crippen molar-refractivity contribution in [3.8, 4) is 5.75 Å². The topological polar surface area (TPSA) is 72.9 Å². The SMILES string of the molecule is COC(=O)CCC(=O)c1ccc2c(c1)N(C(C)=O)CC(C)(C)O2. The van der Waals surface area contributed by atoms with Crippen LogP contribution in [0.5, 0.6) is 5.75 Å². The van der Waals surface area contributed by atoms with Crippen LogP contribution >= 0.6 is 0 Å². The predicted octanol–water partition coefficient (Wildman–Crippen LogP) is 2.35. The van der Waals surface area contributed by atoms with Crippen LogP contribution in [-0.2, 0) is 14.3 Å². The molecule has 0 saturated carbocycles. The molecular formula is C17H21NO5. The number of Topliss-reactive ketones (excluding diaryl/α,β-unsaturated/α-hetero) is 1. The highest BCUT2D eigenvalue weighted by Crippen LogP contribution is 2.37. The normalized spacial score (nSPS) is 15.4. The number of rotatable bonds is 4. The van der Waals surface area contributed by atoms with Gasteiger partial charge in [-0.2, -0.15) is 0 Å². The summed E-state index contributed by atoms with van der Waals surface area (Å²) in [4.78, 5) is 36.9. The monoisotopic (exact) mass is 319 g/mol. The maximum absolute atomic E-state index is 12.2. The van der Waals surface area contributed by atoms with Crippen molar-refractivity contribution in [3.05, 3.63) is 23.8 Å². The highest BCUT2D eigenvalue weighted by atomic mass is 16.5. The molecule has 6 heteroatoms. The Morgan fingerprint density at radius 3 is 2.57 bits per heavy atom. The lowest BCUT2D eigenvalue weighted by Crippen LogP contribution is -2.48. The summed E-state index contributed by atoms with van der Waals surface area (Å²) in [5.74, 6) is -0.138. The van der Waals surface area contributed by atoms with Crippen LogP contribution in [0.15, 0.2) is 18.2 Å². The van der Waals surface area contributed by atoms with E-state index in [1.54, 1.807) is 23.1 Å². The Labute approximate surface area is 135 Å². The Morgan fingerprint density at radius 2 is 1.96 bits per heavy atom. The number of hydrogen-bond donors (Lipinski definition) is 0. The second-order valence-corrected chi connectivity index (χ2v) is 6.15. The summed E-state index contributed by atoms with van der Waals surface area (Å²) in [6.45, 7) is 5.70. The van der Waals surface area contributed by atoms with E-state index in [2.05, 4.69) is 4.74 Å². The van der Waals surface area contributed by atoms with E-state index in [4.69, 9.17) is 4.74 Å². The molecule has 1 heterocycles. The van der Waals surface area contributed by atoms with E-state index in [0.717, 1.165) is 0 Å². The lowest BCUT2D eigenvalue weighted by atomic mass is 10.0. The van der Waals surface area contributed by atoms with E-state index in [9.17, 15) is 14.4 Å². The lowest BCUT2D eigenvalue weighted by molar-refractivity contribution is -0.140. The first-order valence-electron chi connectivity index (χ1n) is 7.45. The fourth-order valence-corrected chi connectivity index (χ4v) is 2.53. The van der Waals surface area contributed by atoms with Crippen molar-refractivity contribution < 1.29 is 23.9 Å². The second kappa shape index (κ2) is 6.40. The fourth-order valence-electron chi connectivity index (χ4n) is 2.53. The van der Waals surface area contributed by atoms with Gasteiger partial charge in [0, 0.05) is 18.9 Å². The van der Waals surface area contributed by atoms with Gasteiger partial charge in [0.15, 0.2) is 5.78 Å². The number of anilines is 1. The molecule has 1 aromatic rings. The molecule has 1 aromatic carbocycles. The highest BCUT2D eigenvalue weighted by Gasteiger charge is 2.34. The van der Waals surface area contributed by atoms with Gasteiger partial charge in [-0.15, -0.1) is 0 Å². The molecule has 2 rings (SSSR count). The number of fused-ring (bicyclic) bond motifs is 1. The molecule has 0 aliphatic carbocycles. The number of hydrogen-bond acceptors (Lipinski definition) is 5. The van der Waals surface area contributed by atoms with Crippen LogP contribution < -0.4 is 9.64 Å². The molecule has 0 aromatic heterocycles. The van der Waals surface area contributed by atoms with Gasteiger partial charge in [0.2, 0.25) is 5.91 Å². The molecule has 0 atom stereocenters. The molecule has 0 saturated heterocycles. The second-order valence-electron chi connectivity index (χ2n) is 6.15. The molecule has 0 unspecified atom stereocenters. The smallest absolute Gasteiger partial charge is 0.305 e. The minimum absolute atomic E-state index is 0.0341. The standard InChI is InChI=1S/C17H21NO5/c1-11(19)18-10-17(2,3)23-15-7-5-12(9-13(15)18)14(20)6-8-16(21)22-4/h5,7,9H,6,8,10H2,1-4H3. The molecule has 1 amide bonds. The number of esters is 1. The third-order valence-corrected chi connectivity index (χ3v) is 3.66. The third-order valence-electron chi connectivity index (χ3n) is 3.66. The zero-order valence-corrected chi connectivity index (χ0v) is 13.8. The molecule has 1 aliphatic rings. The number of ether oxygens (including phenoxy) is 2. The molecule has 23 heavy (non-hydrogen) atoms. The maximum atomic E-state index is 12.2. The number of carbonyl (C=O) groups excluding carboxylic acids is 3. The number of benzene rings is 1. The zero-order valence-electron chi connectivity index (χ0n) is 13.8. The summed E-state index contributed by atoms with van der Waals surface area (Å²) in [6.07, 6.45) is 0.101. The summed E-state index contributed by atoms with van der Waals surface area (Å²) in [7, 11) is 1.29. The first kappa shape index (κ1) is 17.0. The van der Waals surface area contributed by atoms with Crippen LogP contribution in [0.1, 0.15) is 44.0 Å². The minimum Gasteiger partial charge on any atom is -0.484 e. The maximum Gasteiger partial charge on any atom is 0.305 e. The summed E-state index contributed by atoms with van der Waals surface area (Å²) >= 11 is 0. The molecule has 6 nitrogen and oxygen atoms in total. The molecule has 124 valence electrons. The van der Waals surface area contributed by atoms with Gasteiger partial charge in [0.25, 0.3) is 0 Å². The number of nitrogens with zero attached hydrogens (tertiary/aromatic N) is 1. The van der Waals surface area contributed by atoms with Crippen molar-refractivity contribution in [2.75, 3.05) is 18.6 Å². The van der Waals surface area contributed by atoms with Crippen LogP contribution in [0.25, 0.3) is 0 Å². The highest BCUT2D eigenvalue weighted by molar-refractivity contribution is 6.01. The van der Waals surface area contributed by atoms with Crippen LogP contribution in [0.4, 0.5) is 5.69 Å². The van der Waals surface area contributed by atoms with Crippen LogP contribution in [-0.4, -0.2) is 36.9 Å². The van der Waals surface area contributed by atoms with Gasteiger partial charge in [-0.25, -0.2) is 0 Å². The summed E-state index contributed by atoms with van der Waals surface area (Å²) in [6, 6.07) is 4.99. The predicted molar refractivity (Wildman–Crippen MR) is 84.8 cm³/mol. The van der Waals surface area contributed by atoms with Crippen molar-refractivity contribution in [2.45, 2.75) is 39.2 Å². The van der Waals surface area contributed by atoms with E-state index in [1.165, 1.54) is 14.0 Å². The molecule has 0 bridgehead atoms. The molecule has 0 spiro atoms. The third kappa shape index (κ3) is 3.88. The Morgan fingerprint density at radius 1 is 1.26 bits per heavy atom. The number of carbonyl (C=O) groups is 3. The van der Waals surface area contributed by atoms with Crippen molar-refractivity contribution in [1.82, 2.24) is 0 Å². The number of amides is 1. The first-order chi connectivity index (χ1) is 10.7. The van der Waals surface area contributed by atoms with Crippen molar-refractivity contribution >= 4 is 23.3 Å². The summed E-state index contributed by atoms with van der Waals surface area (Å²) < 4.78 is 10.4. The van der Waals surface area contributed by atoms with Crippen LogP contribution in [0, 0.1) is 0 Å². The Balaban J connectivity index is 2.27. The van der Waals surface area contributed by atoms with Crippen molar-refractivity contribution in [3.63, 3.8) is 0 Å². The van der Waals surface area contributed by atoms with Gasteiger partial charge in [-0.1, -0.05) is 0 Å². The van der Waals surface area contributed by atoms with Crippen LogP contribution in [0.2, 0.25) is 0 Å². The van der Waals surface area contributed by atoms with Crippen molar-refractivity contribution in [1.29, 1.82) is 0 Å². The number of ketones is 1. The van der Waals surface area contributed by atoms with E-state index < -0.39 is 11.6 Å².